The molecule has 0 aliphatic heterocycles. The maximum Gasteiger partial charge on any atom is 0.261 e. The van der Waals surface area contributed by atoms with Crippen LogP contribution in [0.1, 0.15) is 41.8 Å². The molecule has 182 valence electrons. The lowest BCUT2D eigenvalue weighted by atomic mass is 10.0. The fourth-order valence-corrected chi connectivity index (χ4v) is 5.53. The van der Waals surface area contributed by atoms with E-state index in [9.17, 15) is 9.59 Å². The van der Waals surface area contributed by atoms with Crippen molar-refractivity contribution in [3.63, 3.8) is 0 Å². The zero-order chi connectivity index (χ0) is 24.8. The molecular weight excluding hydrogens is 501 g/mol. The van der Waals surface area contributed by atoms with Crippen LogP contribution >= 0.6 is 34.4 Å². The molecule has 2 N–H and O–H groups in total. The maximum absolute atomic E-state index is 12.6. The minimum Gasteiger partial charge on any atom is -0.341 e. The van der Waals surface area contributed by atoms with E-state index in [1.54, 1.807) is 6.07 Å². The molecule has 35 heavy (non-hydrogen) atoms. The Morgan fingerprint density at radius 1 is 1.09 bits per heavy atom. The Morgan fingerprint density at radius 2 is 1.89 bits per heavy atom. The van der Waals surface area contributed by atoms with Gasteiger partial charge in [-0.3, -0.25) is 9.59 Å². The minimum atomic E-state index is -0.281. The standard InChI is InChI=1S/C24H26N6O2S3/c1-15(2)12-17(25-22(32)19-10-7-11-33-19)21-28-29-24(30(21)3)35-14-20(31)27-23-26-18(13-34-23)16-8-5-4-6-9-16/h4-11,13,15,17H,12,14H2,1-3H3,(H,25,32)(H,26,27,31)/t17-/m1/s1. The molecule has 4 rings (SSSR count). The summed E-state index contributed by atoms with van der Waals surface area (Å²) in [6.07, 6.45) is 0.724. The van der Waals surface area contributed by atoms with Gasteiger partial charge in [-0.05, 0) is 23.8 Å². The van der Waals surface area contributed by atoms with Crippen molar-refractivity contribution in [2.75, 3.05) is 11.1 Å². The topological polar surface area (TPSA) is 102 Å². The second-order valence-corrected chi connectivity index (χ2v) is 11.0. The van der Waals surface area contributed by atoms with Crippen molar-refractivity contribution in [2.24, 2.45) is 13.0 Å². The summed E-state index contributed by atoms with van der Waals surface area (Å²) in [4.78, 5) is 30.3. The molecule has 3 aromatic heterocycles. The van der Waals surface area contributed by atoms with Gasteiger partial charge in [-0.1, -0.05) is 62.0 Å². The molecule has 1 aromatic carbocycles. The number of thioether (sulfide) groups is 1. The number of aromatic nitrogens is 4. The Bertz CT molecular complexity index is 1270. The van der Waals surface area contributed by atoms with Gasteiger partial charge in [0.05, 0.1) is 22.4 Å². The second kappa shape index (κ2) is 11.6. The van der Waals surface area contributed by atoms with Gasteiger partial charge in [-0.25, -0.2) is 4.98 Å². The summed E-state index contributed by atoms with van der Waals surface area (Å²) in [5.41, 5.74) is 1.84. The average Bonchev–Trinajstić information content (AvgIpc) is 3.59. The predicted molar refractivity (Wildman–Crippen MR) is 142 cm³/mol. The fraction of sp³-hybridized carbons (Fsp3) is 0.292. The molecule has 0 bridgehead atoms. The molecule has 0 saturated carbocycles. The van der Waals surface area contributed by atoms with E-state index in [0.717, 1.165) is 17.7 Å². The van der Waals surface area contributed by atoms with Crippen molar-refractivity contribution in [2.45, 2.75) is 31.5 Å². The summed E-state index contributed by atoms with van der Waals surface area (Å²) in [7, 11) is 1.85. The molecular formula is C24H26N6O2S3. The lowest BCUT2D eigenvalue weighted by molar-refractivity contribution is -0.113. The Balaban J connectivity index is 1.37. The normalized spacial score (nSPS) is 12.0. The van der Waals surface area contributed by atoms with Gasteiger partial charge in [0.25, 0.3) is 5.91 Å². The van der Waals surface area contributed by atoms with Gasteiger partial charge in [0.15, 0.2) is 16.1 Å². The van der Waals surface area contributed by atoms with Crippen LogP contribution in [0.2, 0.25) is 0 Å². The molecule has 0 fully saturated rings. The summed E-state index contributed by atoms with van der Waals surface area (Å²) in [6, 6.07) is 13.2. The summed E-state index contributed by atoms with van der Waals surface area (Å²) >= 11 is 4.09. The van der Waals surface area contributed by atoms with Crippen molar-refractivity contribution >= 4 is 51.4 Å². The van der Waals surface area contributed by atoms with Gasteiger partial charge < -0.3 is 15.2 Å². The van der Waals surface area contributed by atoms with Crippen LogP contribution in [0.4, 0.5) is 5.13 Å². The average molecular weight is 527 g/mol. The number of carbonyl (C=O) groups is 2. The monoisotopic (exact) mass is 526 g/mol. The van der Waals surface area contributed by atoms with Gasteiger partial charge in [-0.2, -0.15) is 0 Å². The van der Waals surface area contributed by atoms with E-state index in [0.29, 0.717) is 26.9 Å². The van der Waals surface area contributed by atoms with Gasteiger partial charge in [0.1, 0.15) is 0 Å². The molecule has 2 amide bonds. The molecule has 0 aliphatic carbocycles. The van der Waals surface area contributed by atoms with Crippen LogP contribution in [0, 0.1) is 5.92 Å². The van der Waals surface area contributed by atoms with E-state index in [1.165, 1.54) is 34.4 Å². The quantitative estimate of drug-likeness (QED) is 0.274. The van der Waals surface area contributed by atoms with Crippen LogP contribution < -0.4 is 10.6 Å². The van der Waals surface area contributed by atoms with E-state index >= 15 is 0 Å². The Kier molecular flexibility index (Phi) is 8.32. The first-order valence-electron chi connectivity index (χ1n) is 11.1. The number of hydrogen-bond donors (Lipinski definition) is 2. The number of thiazole rings is 1. The minimum absolute atomic E-state index is 0.124. The number of carbonyl (C=O) groups excluding carboxylic acids is 2. The zero-order valence-corrected chi connectivity index (χ0v) is 22.0. The molecule has 4 aromatic rings. The fourth-order valence-electron chi connectivity index (χ4n) is 3.45. The molecule has 1 atom stereocenters. The lowest BCUT2D eigenvalue weighted by Crippen LogP contribution is -2.31. The molecule has 8 nitrogen and oxygen atoms in total. The summed E-state index contributed by atoms with van der Waals surface area (Å²) in [5, 5.41) is 19.5. The van der Waals surface area contributed by atoms with Crippen molar-refractivity contribution in [1.29, 1.82) is 0 Å². The van der Waals surface area contributed by atoms with Crippen LogP contribution in [-0.2, 0) is 11.8 Å². The number of nitrogens with zero attached hydrogens (tertiary/aromatic N) is 4. The highest BCUT2D eigenvalue weighted by Gasteiger charge is 2.24. The van der Waals surface area contributed by atoms with E-state index in [-0.39, 0.29) is 23.6 Å². The molecule has 0 spiro atoms. The smallest absolute Gasteiger partial charge is 0.261 e. The van der Waals surface area contributed by atoms with Gasteiger partial charge in [0, 0.05) is 18.0 Å². The Hall–Kier alpha value is -3.02. The van der Waals surface area contributed by atoms with E-state index < -0.39 is 0 Å². The third-order valence-corrected chi connectivity index (χ3v) is 7.74. The van der Waals surface area contributed by atoms with Gasteiger partial charge in [-0.15, -0.1) is 32.9 Å². The number of nitrogens with one attached hydrogen (secondary N) is 2. The molecule has 0 saturated heterocycles. The summed E-state index contributed by atoms with van der Waals surface area (Å²) < 4.78 is 1.84. The number of hydrogen-bond acceptors (Lipinski definition) is 8. The van der Waals surface area contributed by atoms with Crippen LogP contribution in [0.5, 0.6) is 0 Å². The van der Waals surface area contributed by atoms with Crippen LogP contribution in [0.25, 0.3) is 11.3 Å². The molecule has 11 heteroatoms. The van der Waals surface area contributed by atoms with Gasteiger partial charge in [0.2, 0.25) is 5.91 Å². The molecule has 0 radical (unpaired) electrons. The third kappa shape index (κ3) is 6.56. The Morgan fingerprint density at radius 3 is 2.60 bits per heavy atom. The number of rotatable bonds is 10. The van der Waals surface area contributed by atoms with Crippen molar-refractivity contribution in [3.05, 3.63) is 63.9 Å². The summed E-state index contributed by atoms with van der Waals surface area (Å²) in [6.45, 7) is 4.20. The molecule has 0 unspecified atom stereocenters. The highest BCUT2D eigenvalue weighted by Crippen LogP contribution is 2.26. The number of anilines is 1. The summed E-state index contributed by atoms with van der Waals surface area (Å²) in [5.74, 6) is 0.891. The molecule has 0 aliphatic rings. The lowest BCUT2D eigenvalue weighted by Gasteiger charge is -2.19. The van der Waals surface area contributed by atoms with Crippen LogP contribution in [0.15, 0.2) is 58.4 Å². The largest absolute Gasteiger partial charge is 0.341 e. The Labute approximate surface area is 216 Å². The second-order valence-electron chi connectivity index (χ2n) is 8.27. The first-order valence-corrected chi connectivity index (χ1v) is 13.8. The van der Waals surface area contributed by atoms with Crippen molar-refractivity contribution < 1.29 is 9.59 Å². The van der Waals surface area contributed by atoms with Crippen molar-refractivity contribution in [1.82, 2.24) is 25.1 Å². The van der Waals surface area contributed by atoms with E-state index in [4.69, 9.17) is 0 Å². The maximum atomic E-state index is 12.6. The highest BCUT2D eigenvalue weighted by molar-refractivity contribution is 7.99. The number of thiophene rings is 1. The van der Waals surface area contributed by atoms with E-state index in [1.807, 2.05) is 58.8 Å². The number of amides is 2. The van der Waals surface area contributed by atoms with Gasteiger partial charge >= 0.3 is 0 Å². The van der Waals surface area contributed by atoms with E-state index in [2.05, 4.69) is 39.7 Å². The van der Waals surface area contributed by atoms with Crippen LogP contribution in [0.3, 0.4) is 0 Å². The van der Waals surface area contributed by atoms with Crippen molar-refractivity contribution in [3.8, 4) is 11.3 Å². The number of benzene rings is 1. The third-order valence-electron chi connectivity index (χ3n) is 5.09. The first-order chi connectivity index (χ1) is 16.9. The predicted octanol–water partition coefficient (Wildman–Crippen LogP) is 5.25. The molecule has 3 heterocycles. The SMILES string of the molecule is CC(C)C[C@@H](NC(=O)c1cccs1)c1nnc(SCC(=O)Nc2nc(-c3ccccc3)cs2)n1C. The highest BCUT2D eigenvalue weighted by atomic mass is 32.2. The first kappa shape index (κ1) is 25.1. The van der Waals surface area contributed by atoms with Crippen LogP contribution in [-0.4, -0.2) is 37.3 Å². The zero-order valence-electron chi connectivity index (χ0n) is 19.6.